The molecule has 1 aliphatic rings. The van der Waals surface area contributed by atoms with Crippen LogP contribution in [0.2, 0.25) is 0 Å². The second-order valence-corrected chi connectivity index (χ2v) is 2.97. The molecule has 0 saturated heterocycles. The van der Waals surface area contributed by atoms with Crippen molar-refractivity contribution in [3.05, 3.63) is 42.0 Å². The maximum absolute atomic E-state index is 11.0. The van der Waals surface area contributed by atoms with Crippen LogP contribution in [0.25, 0.3) is 5.57 Å². The summed E-state index contributed by atoms with van der Waals surface area (Å²) in [4.78, 5) is 11.0. The van der Waals surface area contributed by atoms with Gasteiger partial charge < -0.3 is 9.47 Å². The van der Waals surface area contributed by atoms with Crippen LogP contribution in [-0.4, -0.2) is 19.4 Å². The Morgan fingerprint density at radius 3 is 2.64 bits per heavy atom. The van der Waals surface area contributed by atoms with Gasteiger partial charge in [0.1, 0.15) is 0 Å². The summed E-state index contributed by atoms with van der Waals surface area (Å²) in [5, 5.41) is 0. The van der Waals surface area contributed by atoms with Gasteiger partial charge in [0.25, 0.3) is 0 Å². The second kappa shape index (κ2) is 3.64. The van der Waals surface area contributed by atoms with Gasteiger partial charge in [-0.3, -0.25) is 0 Å². The summed E-state index contributed by atoms with van der Waals surface area (Å²) in [5.41, 5.74) is 1.73. The van der Waals surface area contributed by atoms with Crippen molar-refractivity contribution >= 4 is 11.5 Å². The van der Waals surface area contributed by atoms with Gasteiger partial charge in [-0.05, 0) is 5.56 Å². The Kier molecular flexibility index (Phi) is 2.33. The third-order valence-electron chi connectivity index (χ3n) is 2.07. The highest BCUT2D eigenvalue weighted by Crippen LogP contribution is 2.26. The number of carbonyl (C=O) groups is 1. The average molecular weight is 190 g/mol. The first-order valence-electron chi connectivity index (χ1n) is 4.31. The molecule has 0 aliphatic carbocycles. The van der Waals surface area contributed by atoms with Crippen LogP contribution in [0, 0.1) is 0 Å². The van der Waals surface area contributed by atoms with Gasteiger partial charge in [0.05, 0.1) is 0 Å². The fraction of sp³-hybridized carbons (Fsp3) is 0.182. The van der Waals surface area contributed by atoms with Gasteiger partial charge in [-0.2, -0.15) is 0 Å². The van der Waals surface area contributed by atoms with Crippen LogP contribution in [0.1, 0.15) is 5.56 Å². The Hall–Kier alpha value is -1.61. The van der Waals surface area contributed by atoms with E-state index in [9.17, 15) is 4.79 Å². The molecule has 3 heteroatoms. The van der Waals surface area contributed by atoms with Gasteiger partial charge in [0.15, 0.2) is 0 Å². The lowest BCUT2D eigenvalue weighted by Gasteiger charge is -2.11. The van der Waals surface area contributed by atoms with E-state index in [0.29, 0.717) is 0 Å². The van der Waals surface area contributed by atoms with Crippen LogP contribution in [-0.2, 0) is 14.3 Å². The third kappa shape index (κ3) is 1.54. The SMILES string of the molecule is COC1OC(=O)C=C1c1ccccc1. The van der Waals surface area contributed by atoms with Crippen LogP contribution in [0.15, 0.2) is 36.4 Å². The van der Waals surface area contributed by atoms with E-state index in [2.05, 4.69) is 0 Å². The molecule has 14 heavy (non-hydrogen) atoms. The smallest absolute Gasteiger partial charge is 0.333 e. The number of hydrogen-bond acceptors (Lipinski definition) is 3. The number of hydrogen-bond donors (Lipinski definition) is 0. The van der Waals surface area contributed by atoms with Gasteiger partial charge in [-0.1, -0.05) is 30.3 Å². The number of cyclic esters (lactones) is 1. The van der Waals surface area contributed by atoms with Gasteiger partial charge in [-0.25, -0.2) is 4.79 Å². The maximum atomic E-state index is 11.0. The lowest BCUT2D eigenvalue weighted by molar-refractivity contribution is -0.153. The van der Waals surface area contributed by atoms with E-state index >= 15 is 0 Å². The lowest BCUT2D eigenvalue weighted by atomic mass is 10.1. The first-order valence-corrected chi connectivity index (χ1v) is 4.31. The largest absolute Gasteiger partial charge is 0.428 e. The van der Waals surface area contributed by atoms with Crippen LogP contribution < -0.4 is 0 Å². The summed E-state index contributed by atoms with van der Waals surface area (Å²) in [7, 11) is 1.51. The highest BCUT2D eigenvalue weighted by atomic mass is 16.7. The number of esters is 1. The second-order valence-electron chi connectivity index (χ2n) is 2.97. The zero-order valence-corrected chi connectivity index (χ0v) is 7.77. The first-order chi connectivity index (χ1) is 6.81. The zero-order chi connectivity index (χ0) is 9.97. The molecule has 0 radical (unpaired) electrons. The van der Waals surface area contributed by atoms with Crippen molar-refractivity contribution in [3.8, 4) is 0 Å². The molecule has 0 amide bonds. The molecule has 1 atom stereocenters. The molecule has 0 aromatic heterocycles. The van der Waals surface area contributed by atoms with Gasteiger partial charge in [0, 0.05) is 18.8 Å². The minimum absolute atomic E-state index is 0.351. The Balaban J connectivity index is 2.34. The van der Waals surface area contributed by atoms with Gasteiger partial charge in [-0.15, -0.1) is 0 Å². The topological polar surface area (TPSA) is 35.5 Å². The molecule has 1 unspecified atom stereocenters. The predicted octanol–water partition coefficient (Wildman–Crippen LogP) is 1.60. The molecular formula is C11H10O3. The Labute approximate surface area is 81.9 Å². The Morgan fingerprint density at radius 2 is 2.00 bits per heavy atom. The normalized spacial score (nSPS) is 20.5. The van der Waals surface area contributed by atoms with Crippen molar-refractivity contribution in [2.75, 3.05) is 7.11 Å². The summed E-state index contributed by atoms with van der Waals surface area (Å²) >= 11 is 0. The van der Waals surface area contributed by atoms with Crippen LogP contribution in [0.4, 0.5) is 0 Å². The van der Waals surface area contributed by atoms with E-state index in [1.54, 1.807) is 0 Å². The number of rotatable bonds is 2. The van der Waals surface area contributed by atoms with E-state index < -0.39 is 6.29 Å². The van der Waals surface area contributed by atoms with Crippen LogP contribution in [0.5, 0.6) is 0 Å². The molecular weight excluding hydrogens is 180 g/mol. The quantitative estimate of drug-likeness (QED) is 0.664. The monoisotopic (exact) mass is 190 g/mol. The van der Waals surface area contributed by atoms with Gasteiger partial charge >= 0.3 is 5.97 Å². The van der Waals surface area contributed by atoms with Gasteiger partial charge in [0.2, 0.25) is 6.29 Å². The molecule has 1 aliphatic heterocycles. The first kappa shape index (κ1) is 8.97. The molecule has 0 N–H and O–H groups in total. The minimum atomic E-state index is -0.565. The molecule has 3 nitrogen and oxygen atoms in total. The number of methoxy groups -OCH3 is 1. The zero-order valence-electron chi connectivity index (χ0n) is 7.77. The number of benzene rings is 1. The maximum Gasteiger partial charge on any atom is 0.333 e. The molecule has 0 spiro atoms. The van der Waals surface area contributed by atoms with E-state index in [0.717, 1.165) is 11.1 Å². The van der Waals surface area contributed by atoms with Crippen molar-refractivity contribution < 1.29 is 14.3 Å². The molecule has 72 valence electrons. The van der Waals surface area contributed by atoms with E-state index in [1.807, 2.05) is 30.3 Å². The summed E-state index contributed by atoms with van der Waals surface area (Å²) in [6, 6.07) is 9.57. The predicted molar refractivity (Wildman–Crippen MR) is 51.3 cm³/mol. The molecule has 0 saturated carbocycles. The van der Waals surface area contributed by atoms with Crippen molar-refractivity contribution in [3.63, 3.8) is 0 Å². The molecule has 2 rings (SSSR count). The van der Waals surface area contributed by atoms with Crippen LogP contribution in [0.3, 0.4) is 0 Å². The summed E-state index contributed by atoms with van der Waals surface area (Å²) in [6.45, 7) is 0. The van der Waals surface area contributed by atoms with Crippen LogP contribution >= 0.6 is 0 Å². The van der Waals surface area contributed by atoms with E-state index in [4.69, 9.17) is 9.47 Å². The molecule has 1 aromatic carbocycles. The van der Waals surface area contributed by atoms with Crippen molar-refractivity contribution in [1.29, 1.82) is 0 Å². The summed E-state index contributed by atoms with van der Waals surface area (Å²) in [5.74, 6) is -0.351. The standard InChI is InChI=1S/C11H10O3/c1-13-11-9(7-10(12)14-11)8-5-3-2-4-6-8/h2-7,11H,1H3. The number of carbonyl (C=O) groups excluding carboxylic acids is 1. The molecule has 1 aromatic rings. The Morgan fingerprint density at radius 1 is 1.29 bits per heavy atom. The summed E-state index contributed by atoms with van der Waals surface area (Å²) in [6.07, 6.45) is 0.897. The average Bonchev–Trinajstić information content (AvgIpc) is 2.61. The van der Waals surface area contributed by atoms with Crippen molar-refractivity contribution in [1.82, 2.24) is 0 Å². The molecule has 1 heterocycles. The van der Waals surface area contributed by atoms with E-state index in [1.165, 1.54) is 13.2 Å². The third-order valence-corrected chi connectivity index (χ3v) is 2.07. The van der Waals surface area contributed by atoms with Crippen molar-refractivity contribution in [2.24, 2.45) is 0 Å². The highest BCUT2D eigenvalue weighted by Gasteiger charge is 2.26. The fourth-order valence-corrected chi connectivity index (χ4v) is 1.42. The summed E-state index contributed by atoms with van der Waals surface area (Å²) < 4.78 is 9.96. The minimum Gasteiger partial charge on any atom is -0.428 e. The van der Waals surface area contributed by atoms with E-state index in [-0.39, 0.29) is 5.97 Å². The molecule has 0 fully saturated rings. The highest BCUT2D eigenvalue weighted by molar-refractivity contribution is 5.96. The Bertz CT molecular complexity index is 367. The fourth-order valence-electron chi connectivity index (χ4n) is 1.42. The molecule has 0 bridgehead atoms. The number of ether oxygens (including phenoxy) is 2. The van der Waals surface area contributed by atoms with Crippen molar-refractivity contribution in [2.45, 2.75) is 6.29 Å². The lowest BCUT2D eigenvalue weighted by Crippen LogP contribution is -2.13.